The molecule has 0 atom stereocenters. The smallest absolute Gasteiger partial charge is 0.379 e. The van der Waals surface area contributed by atoms with Gasteiger partial charge in [0.15, 0.2) is 11.5 Å². The van der Waals surface area contributed by atoms with Crippen molar-refractivity contribution in [2.75, 3.05) is 21.3 Å². The highest BCUT2D eigenvalue weighted by Gasteiger charge is 2.20. The summed E-state index contributed by atoms with van der Waals surface area (Å²) in [4.78, 5) is 22.1. The first-order chi connectivity index (χ1) is 8.54. The van der Waals surface area contributed by atoms with Gasteiger partial charge in [-0.25, -0.2) is 4.79 Å². The molecule has 6 nitrogen and oxygen atoms in total. The SMILES string of the molecule is COc1ccc(OC(=O)C(C)=O)c(OC)c1OC. The van der Waals surface area contributed by atoms with Crippen LogP contribution < -0.4 is 18.9 Å². The van der Waals surface area contributed by atoms with E-state index in [2.05, 4.69) is 0 Å². The van der Waals surface area contributed by atoms with Crippen molar-refractivity contribution in [1.82, 2.24) is 0 Å². The van der Waals surface area contributed by atoms with Crippen LogP contribution in [0, 0.1) is 0 Å². The van der Waals surface area contributed by atoms with Gasteiger partial charge in [-0.15, -0.1) is 0 Å². The van der Waals surface area contributed by atoms with Gasteiger partial charge >= 0.3 is 5.97 Å². The Morgan fingerprint density at radius 1 is 0.889 bits per heavy atom. The van der Waals surface area contributed by atoms with E-state index in [0.717, 1.165) is 6.92 Å². The first-order valence-electron chi connectivity index (χ1n) is 5.06. The number of hydrogen-bond donors (Lipinski definition) is 0. The molecular weight excluding hydrogens is 240 g/mol. The molecule has 0 aliphatic heterocycles. The lowest BCUT2D eigenvalue weighted by atomic mass is 10.2. The van der Waals surface area contributed by atoms with E-state index >= 15 is 0 Å². The number of hydrogen-bond acceptors (Lipinski definition) is 6. The van der Waals surface area contributed by atoms with Gasteiger partial charge in [-0.2, -0.15) is 0 Å². The molecule has 0 saturated carbocycles. The molecule has 0 aromatic heterocycles. The van der Waals surface area contributed by atoms with Crippen molar-refractivity contribution in [3.05, 3.63) is 12.1 Å². The number of rotatable bonds is 5. The zero-order valence-electron chi connectivity index (χ0n) is 10.6. The molecule has 0 radical (unpaired) electrons. The average molecular weight is 254 g/mol. The number of methoxy groups -OCH3 is 3. The molecule has 1 aromatic carbocycles. The minimum atomic E-state index is -0.972. The van der Waals surface area contributed by atoms with Crippen molar-refractivity contribution in [2.45, 2.75) is 6.92 Å². The van der Waals surface area contributed by atoms with Crippen LogP contribution in [0.3, 0.4) is 0 Å². The van der Waals surface area contributed by atoms with Crippen molar-refractivity contribution >= 4 is 11.8 Å². The molecule has 0 N–H and O–H groups in total. The molecule has 6 heteroatoms. The molecular formula is C12H14O6. The van der Waals surface area contributed by atoms with Crippen LogP contribution in [0.1, 0.15) is 6.92 Å². The lowest BCUT2D eigenvalue weighted by Crippen LogP contribution is -2.17. The number of carbonyl (C=O) groups is 2. The van der Waals surface area contributed by atoms with Gasteiger partial charge in [0.25, 0.3) is 0 Å². The molecule has 0 aliphatic rings. The molecule has 0 fully saturated rings. The summed E-state index contributed by atoms with van der Waals surface area (Å²) in [5.74, 6) is -0.681. The summed E-state index contributed by atoms with van der Waals surface area (Å²) in [7, 11) is 4.29. The second kappa shape index (κ2) is 5.90. The van der Waals surface area contributed by atoms with Crippen LogP contribution in [0.4, 0.5) is 0 Å². The Kier molecular flexibility index (Phi) is 4.53. The second-order valence-corrected chi connectivity index (χ2v) is 3.28. The second-order valence-electron chi connectivity index (χ2n) is 3.28. The van der Waals surface area contributed by atoms with E-state index in [1.54, 1.807) is 6.07 Å². The fourth-order valence-corrected chi connectivity index (χ4v) is 1.33. The highest BCUT2D eigenvalue weighted by atomic mass is 16.6. The largest absolute Gasteiger partial charge is 0.493 e. The summed E-state index contributed by atoms with van der Waals surface area (Å²) in [5, 5.41) is 0. The average Bonchev–Trinajstić information content (AvgIpc) is 2.37. The Morgan fingerprint density at radius 3 is 1.83 bits per heavy atom. The van der Waals surface area contributed by atoms with Crippen LogP contribution in [-0.2, 0) is 9.59 Å². The van der Waals surface area contributed by atoms with Crippen molar-refractivity contribution in [1.29, 1.82) is 0 Å². The van der Waals surface area contributed by atoms with Crippen molar-refractivity contribution < 1.29 is 28.5 Å². The summed E-state index contributed by atoms with van der Waals surface area (Å²) in [6.07, 6.45) is 0. The van der Waals surface area contributed by atoms with Gasteiger partial charge in [-0.3, -0.25) is 4.79 Å². The molecule has 0 bridgehead atoms. The molecule has 98 valence electrons. The minimum absolute atomic E-state index is 0.0929. The Morgan fingerprint density at radius 2 is 1.39 bits per heavy atom. The van der Waals surface area contributed by atoms with Gasteiger partial charge in [-0.05, 0) is 12.1 Å². The maximum atomic E-state index is 11.2. The zero-order chi connectivity index (χ0) is 13.7. The Labute approximate surface area is 104 Å². The van der Waals surface area contributed by atoms with Crippen LogP contribution in [0.2, 0.25) is 0 Å². The summed E-state index contributed by atoms with van der Waals surface area (Å²) < 4.78 is 20.2. The first-order valence-corrected chi connectivity index (χ1v) is 5.06. The number of ketones is 1. The van der Waals surface area contributed by atoms with E-state index in [4.69, 9.17) is 18.9 Å². The predicted octanol–water partition coefficient (Wildman–Crippen LogP) is 1.21. The highest BCUT2D eigenvalue weighted by Crippen LogP contribution is 2.43. The van der Waals surface area contributed by atoms with E-state index < -0.39 is 11.8 Å². The van der Waals surface area contributed by atoms with Crippen LogP contribution in [0.15, 0.2) is 12.1 Å². The molecule has 0 unspecified atom stereocenters. The third-order valence-corrected chi connectivity index (χ3v) is 2.16. The Hall–Kier alpha value is -2.24. The normalized spacial score (nSPS) is 9.56. The third kappa shape index (κ3) is 2.71. The van der Waals surface area contributed by atoms with Crippen molar-refractivity contribution in [2.24, 2.45) is 0 Å². The van der Waals surface area contributed by atoms with Gasteiger partial charge in [0.1, 0.15) is 0 Å². The molecule has 0 heterocycles. The van der Waals surface area contributed by atoms with Crippen LogP contribution in [-0.4, -0.2) is 33.1 Å². The van der Waals surface area contributed by atoms with E-state index in [0.29, 0.717) is 5.75 Å². The maximum absolute atomic E-state index is 11.2. The number of ether oxygens (including phenoxy) is 4. The van der Waals surface area contributed by atoms with E-state index in [1.807, 2.05) is 0 Å². The van der Waals surface area contributed by atoms with E-state index in [1.165, 1.54) is 27.4 Å². The molecule has 1 aromatic rings. The molecule has 0 spiro atoms. The number of carbonyl (C=O) groups excluding carboxylic acids is 2. The Balaban J connectivity index is 3.20. The number of benzene rings is 1. The molecule has 0 saturated heterocycles. The third-order valence-electron chi connectivity index (χ3n) is 2.16. The van der Waals surface area contributed by atoms with Gasteiger partial charge in [0.05, 0.1) is 21.3 Å². The van der Waals surface area contributed by atoms with E-state index in [9.17, 15) is 9.59 Å². The van der Waals surface area contributed by atoms with Gasteiger partial charge in [0.2, 0.25) is 17.3 Å². The van der Waals surface area contributed by atoms with Gasteiger partial charge < -0.3 is 18.9 Å². The fourth-order valence-electron chi connectivity index (χ4n) is 1.33. The van der Waals surface area contributed by atoms with Crippen molar-refractivity contribution in [3.63, 3.8) is 0 Å². The molecule has 0 aliphatic carbocycles. The summed E-state index contributed by atoms with van der Waals surface area (Å²) in [6, 6.07) is 3.01. The minimum Gasteiger partial charge on any atom is -0.493 e. The maximum Gasteiger partial charge on any atom is 0.379 e. The highest BCUT2D eigenvalue weighted by molar-refractivity contribution is 6.33. The monoisotopic (exact) mass is 254 g/mol. The predicted molar refractivity (Wildman–Crippen MR) is 62.4 cm³/mol. The van der Waals surface area contributed by atoms with Crippen LogP contribution >= 0.6 is 0 Å². The lowest BCUT2D eigenvalue weighted by Gasteiger charge is -2.14. The molecule has 18 heavy (non-hydrogen) atoms. The van der Waals surface area contributed by atoms with Crippen LogP contribution in [0.25, 0.3) is 0 Å². The van der Waals surface area contributed by atoms with Gasteiger partial charge in [-0.1, -0.05) is 0 Å². The summed E-state index contributed by atoms with van der Waals surface area (Å²) in [5.41, 5.74) is 0. The zero-order valence-corrected chi connectivity index (χ0v) is 10.6. The van der Waals surface area contributed by atoms with Crippen molar-refractivity contribution in [3.8, 4) is 23.0 Å². The molecule has 1 rings (SSSR count). The lowest BCUT2D eigenvalue weighted by molar-refractivity contribution is -0.146. The topological polar surface area (TPSA) is 71.1 Å². The first kappa shape index (κ1) is 13.8. The van der Waals surface area contributed by atoms with E-state index in [-0.39, 0.29) is 17.2 Å². The standard InChI is InChI=1S/C12H14O6/c1-7(13)12(14)18-9-6-5-8(15-2)10(16-3)11(9)17-4/h5-6H,1-4H3. The Bertz CT molecular complexity index is 466. The number of Topliss-reactive ketones (excluding diaryl/α,β-unsaturated/α-hetero) is 1. The van der Waals surface area contributed by atoms with Crippen LogP contribution in [0.5, 0.6) is 23.0 Å². The molecule has 0 amide bonds. The summed E-state index contributed by atoms with van der Waals surface area (Å²) >= 11 is 0. The summed E-state index contributed by atoms with van der Waals surface area (Å²) in [6.45, 7) is 1.12. The van der Waals surface area contributed by atoms with Gasteiger partial charge in [0, 0.05) is 6.92 Å². The quantitative estimate of drug-likeness (QED) is 0.447. The fraction of sp³-hybridized carbons (Fsp3) is 0.333. The number of esters is 1.